The smallest absolute Gasteiger partial charge is 0.212 e. The lowest BCUT2D eigenvalue weighted by Gasteiger charge is -2.03. The first kappa shape index (κ1) is 12.3. The topological polar surface area (TPSA) is 53.6 Å². The summed E-state index contributed by atoms with van der Waals surface area (Å²) in [5.74, 6) is -0.470. The van der Waals surface area contributed by atoms with E-state index in [1.54, 1.807) is 18.5 Å². The van der Waals surface area contributed by atoms with Gasteiger partial charge in [0.1, 0.15) is 0 Å². The Bertz CT molecular complexity index is 677. The number of nitrogens with zero attached hydrogens (tertiary/aromatic N) is 2. The van der Waals surface area contributed by atoms with Crippen molar-refractivity contribution in [3.63, 3.8) is 0 Å². The van der Waals surface area contributed by atoms with E-state index in [4.69, 9.17) is 0 Å². The van der Waals surface area contributed by atoms with Gasteiger partial charge in [-0.2, -0.15) is 4.39 Å². The first-order chi connectivity index (χ1) is 9.81. The van der Waals surface area contributed by atoms with Crippen molar-refractivity contribution in [2.45, 2.75) is 6.54 Å². The Morgan fingerprint density at radius 1 is 1.15 bits per heavy atom. The molecule has 0 saturated carbocycles. The zero-order chi connectivity index (χ0) is 13.8. The first-order valence-corrected chi connectivity index (χ1v) is 6.24. The molecule has 0 aliphatic carbocycles. The predicted molar refractivity (Wildman–Crippen MR) is 75.5 cm³/mol. The van der Waals surface area contributed by atoms with E-state index in [-0.39, 0.29) is 0 Å². The van der Waals surface area contributed by atoms with E-state index >= 15 is 0 Å². The normalized spacial score (nSPS) is 10.4. The number of anilines is 1. The van der Waals surface area contributed by atoms with Crippen LogP contribution < -0.4 is 5.32 Å². The molecule has 0 atom stereocenters. The van der Waals surface area contributed by atoms with Gasteiger partial charge in [0.05, 0.1) is 12.2 Å². The van der Waals surface area contributed by atoms with Crippen molar-refractivity contribution in [3.8, 4) is 11.1 Å². The Morgan fingerprint density at radius 2 is 2.10 bits per heavy atom. The zero-order valence-corrected chi connectivity index (χ0v) is 10.7. The summed E-state index contributed by atoms with van der Waals surface area (Å²) in [5, 5.41) is 3.27. The monoisotopic (exact) mass is 268 g/mol. The van der Waals surface area contributed by atoms with Crippen LogP contribution in [0.25, 0.3) is 11.1 Å². The van der Waals surface area contributed by atoms with Gasteiger partial charge in [-0.1, -0.05) is 0 Å². The number of hydrogen-bond acceptors (Lipinski definition) is 3. The van der Waals surface area contributed by atoms with Gasteiger partial charge in [-0.3, -0.25) is 4.98 Å². The van der Waals surface area contributed by atoms with Crippen LogP contribution in [0.3, 0.4) is 0 Å². The molecule has 20 heavy (non-hydrogen) atoms. The minimum Gasteiger partial charge on any atom is -0.378 e. The van der Waals surface area contributed by atoms with Crippen LogP contribution in [0.1, 0.15) is 5.69 Å². The lowest BCUT2D eigenvalue weighted by Crippen LogP contribution is -1.99. The number of hydrogen-bond donors (Lipinski definition) is 2. The van der Waals surface area contributed by atoms with E-state index in [2.05, 4.69) is 20.3 Å². The zero-order valence-electron chi connectivity index (χ0n) is 10.7. The molecular formula is C15H13FN4. The Morgan fingerprint density at radius 3 is 2.85 bits per heavy atom. The van der Waals surface area contributed by atoms with Gasteiger partial charge in [0.2, 0.25) is 5.95 Å². The summed E-state index contributed by atoms with van der Waals surface area (Å²) in [6.07, 6.45) is 6.92. The van der Waals surface area contributed by atoms with Crippen molar-refractivity contribution >= 4 is 5.69 Å². The lowest BCUT2D eigenvalue weighted by molar-refractivity contribution is 0.584. The van der Waals surface area contributed by atoms with Gasteiger partial charge >= 0.3 is 0 Å². The van der Waals surface area contributed by atoms with Crippen LogP contribution in [-0.2, 0) is 6.54 Å². The maximum atomic E-state index is 12.8. The molecule has 0 fully saturated rings. The summed E-state index contributed by atoms with van der Waals surface area (Å²) in [6, 6.07) is 8.92. The van der Waals surface area contributed by atoms with Crippen molar-refractivity contribution < 1.29 is 4.39 Å². The molecule has 3 rings (SSSR count). The highest BCUT2D eigenvalue weighted by atomic mass is 19.1. The van der Waals surface area contributed by atoms with Gasteiger partial charge < -0.3 is 10.3 Å². The summed E-state index contributed by atoms with van der Waals surface area (Å²) >= 11 is 0. The van der Waals surface area contributed by atoms with Crippen molar-refractivity contribution in [1.29, 1.82) is 0 Å². The molecule has 5 heteroatoms. The van der Waals surface area contributed by atoms with Crippen LogP contribution in [0, 0.1) is 5.95 Å². The van der Waals surface area contributed by atoms with E-state index in [9.17, 15) is 4.39 Å². The van der Waals surface area contributed by atoms with E-state index in [0.29, 0.717) is 6.54 Å². The number of H-pyrrole nitrogens is 1. The Kier molecular flexibility index (Phi) is 3.41. The summed E-state index contributed by atoms with van der Waals surface area (Å²) in [4.78, 5) is 10.9. The Hall–Kier alpha value is -2.69. The Balaban J connectivity index is 1.69. The number of nitrogens with one attached hydrogen (secondary N) is 2. The number of rotatable bonds is 4. The molecule has 0 radical (unpaired) electrons. The van der Waals surface area contributed by atoms with Crippen molar-refractivity contribution in [2.24, 2.45) is 0 Å². The second-order valence-electron chi connectivity index (χ2n) is 4.38. The summed E-state index contributed by atoms with van der Waals surface area (Å²) in [5.41, 5.74) is 3.87. The second kappa shape index (κ2) is 5.52. The van der Waals surface area contributed by atoms with Gasteiger partial charge in [0, 0.05) is 41.6 Å². The minimum absolute atomic E-state index is 0.470. The molecule has 3 aromatic rings. The minimum atomic E-state index is -0.470. The largest absolute Gasteiger partial charge is 0.378 e. The molecule has 0 spiro atoms. The van der Waals surface area contributed by atoms with Gasteiger partial charge in [0.25, 0.3) is 0 Å². The molecule has 100 valence electrons. The van der Waals surface area contributed by atoms with Crippen LogP contribution in [0.15, 0.2) is 55.1 Å². The first-order valence-electron chi connectivity index (χ1n) is 6.24. The van der Waals surface area contributed by atoms with Gasteiger partial charge in [-0.25, -0.2) is 4.98 Å². The fourth-order valence-corrected chi connectivity index (χ4v) is 1.92. The molecule has 0 aliphatic rings. The lowest BCUT2D eigenvalue weighted by atomic mass is 10.1. The molecule has 0 aromatic carbocycles. The van der Waals surface area contributed by atoms with Crippen molar-refractivity contribution in [3.05, 3.63) is 66.8 Å². The maximum absolute atomic E-state index is 12.8. The number of halogens is 1. The highest BCUT2D eigenvalue weighted by Crippen LogP contribution is 2.19. The molecule has 0 amide bonds. The highest BCUT2D eigenvalue weighted by Gasteiger charge is 2.03. The fraction of sp³-hybridized carbons (Fsp3) is 0.0667. The highest BCUT2D eigenvalue weighted by molar-refractivity contribution is 5.62. The quantitative estimate of drug-likeness (QED) is 0.714. The predicted octanol–water partition coefficient (Wildman–Crippen LogP) is 3.22. The fourth-order valence-electron chi connectivity index (χ4n) is 1.92. The van der Waals surface area contributed by atoms with E-state index in [1.165, 1.54) is 12.3 Å². The van der Waals surface area contributed by atoms with Crippen LogP contribution in [0.4, 0.5) is 10.1 Å². The van der Waals surface area contributed by atoms with Crippen LogP contribution in [0.2, 0.25) is 0 Å². The Labute approximate surface area is 115 Å². The molecule has 3 aromatic heterocycles. The van der Waals surface area contributed by atoms with Crippen molar-refractivity contribution in [2.75, 3.05) is 5.32 Å². The molecule has 0 unspecified atom stereocenters. The third-order valence-electron chi connectivity index (χ3n) is 2.95. The van der Waals surface area contributed by atoms with Gasteiger partial charge in [0.15, 0.2) is 0 Å². The molecule has 2 N–H and O–H groups in total. The van der Waals surface area contributed by atoms with Crippen LogP contribution in [0.5, 0.6) is 0 Å². The number of aromatic nitrogens is 3. The average Bonchev–Trinajstić information content (AvgIpc) is 2.96. The molecule has 0 saturated heterocycles. The standard InChI is InChI=1S/C15H13FN4/c16-15-4-3-11(7-20-15)12-6-14(18-8-12)10-19-13-2-1-5-17-9-13/h1-9,18-19H,10H2. The van der Waals surface area contributed by atoms with Crippen LogP contribution in [-0.4, -0.2) is 15.0 Å². The molecule has 0 aliphatic heterocycles. The SMILES string of the molecule is Fc1ccc(-c2c[nH]c(CNc3cccnc3)c2)cn1. The molecule has 0 bridgehead atoms. The molecular weight excluding hydrogens is 255 g/mol. The molecule has 3 heterocycles. The third-order valence-corrected chi connectivity index (χ3v) is 2.95. The van der Waals surface area contributed by atoms with Gasteiger partial charge in [-0.05, 0) is 30.3 Å². The maximum Gasteiger partial charge on any atom is 0.212 e. The molecule has 4 nitrogen and oxygen atoms in total. The summed E-state index contributed by atoms with van der Waals surface area (Å²) in [6.45, 7) is 0.667. The number of aromatic amines is 1. The van der Waals surface area contributed by atoms with Crippen LogP contribution >= 0.6 is 0 Å². The van der Waals surface area contributed by atoms with Crippen molar-refractivity contribution in [1.82, 2.24) is 15.0 Å². The van der Waals surface area contributed by atoms with E-state index in [0.717, 1.165) is 22.5 Å². The second-order valence-corrected chi connectivity index (χ2v) is 4.38. The van der Waals surface area contributed by atoms with E-state index in [1.807, 2.05) is 24.4 Å². The summed E-state index contributed by atoms with van der Waals surface area (Å²) in [7, 11) is 0. The summed E-state index contributed by atoms with van der Waals surface area (Å²) < 4.78 is 12.8. The third kappa shape index (κ3) is 2.83. The van der Waals surface area contributed by atoms with Gasteiger partial charge in [-0.15, -0.1) is 0 Å². The number of pyridine rings is 2. The van der Waals surface area contributed by atoms with E-state index < -0.39 is 5.95 Å². The average molecular weight is 268 g/mol.